The number of hydrogen-bond donors (Lipinski definition) is 1. The fourth-order valence-corrected chi connectivity index (χ4v) is 5.32. The SMILES string of the molecule is N#Cc1coc(-c2cccc(Sc3cnc(N4CCC5(CC4)COC[C@H]5N)cn3)c2Cl)n1. The molecule has 2 saturated heterocycles. The van der Waals surface area contributed by atoms with E-state index in [4.69, 9.17) is 31.8 Å². The Labute approximate surface area is 194 Å². The number of nitrogens with zero attached hydrogens (tertiary/aromatic N) is 5. The van der Waals surface area contributed by atoms with Gasteiger partial charge in [0.05, 0.1) is 36.2 Å². The molecule has 2 fully saturated rings. The molecule has 0 unspecified atom stereocenters. The van der Waals surface area contributed by atoms with Crippen LogP contribution in [0.2, 0.25) is 5.02 Å². The number of halogens is 1. The fourth-order valence-electron chi connectivity index (χ4n) is 4.21. The Morgan fingerprint density at radius 3 is 2.75 bits per heavy atom. The first-order valence-corrected chi connectivity index (χ1v) is 11.5. The quantitative estimate of drug-likeness (QED) is 0.611. The maximum atomic E-state index is 8.96. The smallest absolute Gasteiger partial charge is 0.228 e. The molecular formula is C22H21ClN6O2S. The Balaban J connectivity index is 1.27. The van der Waals surface area contributed by atoms with Crippen molar-refractivity contribution in [3.8, 4) is 17.5 Å². The number of ether oxygens (including phenoxy) is 1. The van der Waals surface area contributed by atoms with Gasteiger partial charge in [-0.05, 0) is 25.0 Å². The number of nitriles is 1. The van der Waals surface area contributed by atoms with Crippen molar-refractivity contribution in [2.75, 3.05) is 31.2 Å². The van der Waals surface area contributed by atoms with Crippen molar-refractivity contribution in [1.82, 2.24) is 15.0 Å². The van der Waals surface area contributed by atoms with Gasteiger partial charge in [0.15, 0.2) is 5.69 Å². The van der Waals surface area contributed by atoms with Crippen molar-refractivity contribution in [1.29, 1.82) is 5.26 Å². The predicted octanol–water partition coefficient (Wildman–Crippen LogP) is 3.75. The summed E-state index contributed by atoms with van der Waals surface area (Å²) in [5.41, 5.74) is 7.22. The van der Waals surface area contributed by atoms with E-state index in [2.05, 4.69) is 19.9 Å². The zero-order valence-electron chi connectivity index (χ0n) is 17.2. The van der Waals surface area contributed by atoms with E-state index in [1.54, 1.807) is 18.5 Å². The third kappa shape index (κ3) is 3.95. The first-order valence-electron chi connectivity index (χ1n) is 10.3. The number of anilines is 1. The summed E-state index contributed by atoms with van der Waals surface area (Å²) in [5, 5.41) is 10.2. The average Bonchev–Trinajstić information content (AvgIpc) is 3.43. The van der Waals surface area contributed by atoms with Crippen LogP contribution in [0.4, 0.5) is 5.82 Å². The lowest BCUT2D eigenvalue weighted by Gasteiger charge is -2.41. The van der Waals surface area contributed by atoms with Gasteiger partial charge in [-0.3, -0.25) is 0 Å². The van der Waals surface area contributed by atoms with Gasteiger partial charge >= 0.3 is 0 Å². The number of piperidine rings is 1. The van der Waals surface area contributed by atoms with E-state index >= 15 is 0 Å². The molecule has 2 N–H and O–H groups in total. The minimum Gasteiger partial charge on any atom is -0.443 e. The van der Waals surface area contributed by atoms with Gasteiger partial charge in [-0.25, -0.2) is 9.97 Å². The highest BCUT2D eigenvalue weighted by atomic mass is 35.5. The summed E-state index contributed by atoms with van der Waals surface area (Å²) in [6, 6.07) is 7.64. The molecule has 8 nitrogen and oxygen atoms in total. The van der Waals surface area contributed by atoms with E-state index in [1.165, 1.54) is 18.0 Å². The van der Waals surface area contributed by atoms with E-state index in [1.807, 2.05) is 18.2 Å². The first-order chi connectivity index (χ1) is 15.6. The highest BCUT2D eigenvalue weighted by Gasteiger charge is 2.44. The van der Waals surface area contributed by atoms with Crippen molar-refractivity contribution >= 4 is 29.2 Å². The van der Waals surface area contributed by atoms with Gasteiger partial charge < -0.3 is 19.8 Å². The molecule has 32 heavy (non-hydrogen) atoms. The Kier molecular flexibility index (Phi) is 5.78. The summed E-state index contributed by atoms with van der Waals surface area (Å²) in [4.78, 5) is 16.4. The molecule has 2 aromatic heterocycles. The van der Waals surface area contributed by atoms with Crippen LogP contribution in [0.3, 0.4) is 0 Å². The molecule has 2 aliphatic rings. The normalized spacial score (nSPS) is 19.9. The summed E-state index contributed by atoms with van der Waals surface area (Å²) < 4.78 is 11.0. The van der Waals surface area contributed by atoms with E-state index < -0.39 is 0 Å². The third-order valence-electron chi connectivity index (χ3n) is 6.20. The van der Waals surface area contributed by atoms with Gasteiger partial charge in [0.2, 0.25) is 5.89 Å². The average molecular weight is 469 g/mol. The van der Waals surface area contributed by atoms with Crippen LogP contribution in [-0.4, -0.2) is 47.3 Å². The van der Waals surface area contributed by atoms with E-state index in [0.29, 0.717) is 23.1 Å². The predicted molar refractivity (Wildman–Crippen MR) is 120 cm³/mol. The van der Waals surface area contributed by atoms with Crippen molar-refractivity contribution in [3.05, 3.63) is 47.6 Å². The summed E-state index contributed by atoms with van der Waals surface area (Å²) in [7, 11) is 0. The fraction of sp³-hybridized carbons (Fsp3) is 0.364. The van der Waals surface area contributed by atoms with Crippen LogP contribution in [-0.2, 0) is 4.74 Å². The molecule has 0 amide bonds. The van der Waals surface area contributed by atoms with Crippen molar-refractivity contribution < 1.29 is 9.15 Å². The van der Waals surface area contributed by atoms with Gasteiger partial charge in [-0.1, -0.05) is 29.4 Å². The molecule has 0 aliphatic carbocycles. The lowest BCUT2D eigenvalue weighted by molar-refractivity contribution is 0.131. The number of hydrogen-bond acceptors (Lipinski definition) is 9. The Hall–Kier alpha value is -2.64. The lowest BCUT2D eigenvalue weighted by atomic mass is 9.75. The second-order valence-electron chi connectivity index (χ2n) is 8.05. The van der Waals surface area contributed by atoms with Crippen LogP contribution in [0.1, 0.15) is 18.5 Å². The van der Waals surface area contributed by atoms with E-state index in [9.17, 15) is 0 Å². The molecule has 0 saturated carbocycles. The standard InChI is InChI=1S/C22H21ClN6O2S/c23-20-15(21-28-14(8-24)11-31-21)2-1-3-16(20)32-19-10-26-18(9-27-19)29-6-4-22(5-7-29)13-30-12-17(22)25/h1-3,9-11,17H,4-7,12-13,25H2/t17-/m1/s1. The molecule has 1 aromatic carbocycles. The first kappa shape index (κ1) is 21.2. The van der Waals surface area contributed by atoms with Crippen molar-refractivity contribution in [2.45, 2.75) is 28.8 Å². The van der Waals surface area contributed by atoms with Gasteiger partial charge in [0, 0.05) is 29.4 Å². The van der Waals surface area contributed by atoms with Gasteiger partial charge in [0.25, 0.3) is 0 Å². The monoisotopic (exact) mass is 468 g/mol. The molecular weight excluding hydrogens is 448 g/mol. The van der Waals surface area contributed by atoms with Gasteiger partial charge in [0.1, 0.15) is 23.2 Å². The molecule has 10 heteroatoms. The molecule has 164 valence electrons. The maximum absolute atomic E-state index is 8.96. The summed E-state index contributed by atoms with van der Waals surface area (Å²) in [6.45, 7) is 3.21. The largest absolute Gasteiger partial charge is 0.443 e. The molecule has 0 bridgehead atoms. The molecule has 1 atom stereocenters. The molecule has 3 aromatic rings. The summed E-state index contributed by atoms with van der Waals surface area (Å²) in [6.07, 6.45) is 6.88. The van der Waals surface area contributed by atoms with Crippen LogP contribution in [0.5, 0.6) is 0 Å². The second kappa shape index (κ2) is 8.71. The zero-order valence-corrected chi connectivity index (χ0v) is 18.8. The molecule has 0 radical (unpaired) electrons. The maximum Gasteiger partial charge on any atom is 0.228 e. The molecule has 4 heterocycles. The van der Waals surface area contributed by atoms with Crippen molar-refractivity contribution in [2.24, 2.45) is 11.1 Å². The topological polar surface area (TPSA) is 114 Å². The Morgan fingerprint density at radius 1 is 1.25 bits per heavy atom. The lowest BCUT2D eigenvalue weighted by Crippen LogP contribution is -2.49. The van der Waals surface area contributed by atoms with Crippen LogP contribution in [0.15, 0.2) is 51.2 Å². The minimum absolute atomic E-state index is 0.109. The number of nitrogens with two attached hydrogens (primary N) is 1. The van der Waals surface area contributed by atoms with E-state index in [-0.39, 0.29) is 17.2 Å². The highest BCUT2D eigenvalue weighted by molar-refractivity contribution is 7.99. The third-order valence-corrected chi connectivity index (χ3v) is 7.70. The number of benzene rings is 1. The summed E-state index contributed by atoms with van der Waals surface area (Å²) >= 11 is 8.00. The molecule has 5 rings (SSSR count). The number of oxazole rings is 1. The minimum atomic E-state index is 0.109. The van der Waals surface area contributed by atoms with Gasteiger partial charge in [-0.15, -0.1) is 0 Å². The van der Waals surface area contributed by atoms with Crippen molar-refractivity contribution in [3.63, 3.8) is 0 Å². The summed E-state index contributed by atoms with van der Waals surface area (Å²) in [5.74, 6) is 1.17. The molecule has 1 spiro atoms. The Bertz CT molecular complexity index is 1150. The number of aromatic nitrogens is 3. The zero-order chi connectivity index (χ0) is 22.1. The van der Waals surface area contributed by atoms with Crippen LogP contribution in [0, 0.1) is 16.7 Å². The second-order valence-corrected chi connectivity index (χ2v) is 9.49. The number of rotatable bonds is 4. The van der Waals surface area contributed by atoms with Gasteiger partial charge in [-0.2, -0.15) is 10.2 Å². The van der Waals surface area contributed by atoms with Crippen LogP contribution >= 0.6 is 23.4 Å². The molecule has 2 aliphatic heterocycles. The Morgan fingerprint density at radius 2 is 2.09 bits per heavy atom. The van der Waals surface area contributed by atoms with Crippen LogP contribution < -0.4 is 10.6 Å². The van der Waals surface area contributed by atoms with Crippen LogP contribution in [0.25, 0.3) is 11.5 Å². The van der Waals surface area contributed by atoms with E-state index in [0.717, 1.165) is 48.3 Å². The highest BCUT2D eigenvalue weighted by Crippen LogP contribution is 2.40.